The third kappa shape index (κ3) is 1.49. The zero-order valence-electron chi connectivity index (χ0n) is 14.7. The van der Waals surface area contributed by atoms with Gasteiger partial charge in [0.05, 0.1) is 0 Å². The first-order valence-electron chi connectivity index (χ1n) is 9.93. The first-order chi connectivity index (χ1) is 12.9. The summed E-state index contributed by atoms with van der Waals surface area (Å²) in [6, 6.07) is 27.8. The van der Waals surface area contributed by atoms with Gasteiger partial charge in [0.15, 0.2) is 0 Å². The maximum absolute atomic E-state index is 2.40. The standard InChI is InChI=1S/C26H20/c1-5-15-6-2-10-18-22-14-24-20-12-4-8-16-7-3-11-19(26(16)20)23(24)13-21(22)17(9-1)25(15)18/h1-12,21-24H,13-14H2/t21-,22+,23-,24+. The Kier molecular flexibility index (Phi) is 2.39. The first-order valence-corrected chi connectivity index (χ1v) is 9.93. The van der Waals surface area contributed by atoms with Gasteiger partial charge >= 0.3 is 0 Å². The lowest BCUT2D eigenvalue weighted by molar-refractivity contribution is 0.326. The van der Waals surface area contributed by atoms with Crippen LogP contribution in [-0.2, 0) is 0 Å². The highest BCUT2D eigenvalue weighted by atomic mass is 14.5. The van der Waals surface area contributed by atoms with Gasteiger partial charge in [-0.2, -0.15) is 0 Å². The molecule has 0 nitrogen and oxygen atoms in total. The van der Waals surface area contributed by atoms with Gasteiger partial charge in [-0.05, 0) is 80.3 Å². The van der Waals surface area contributed by atoms with E-state index in [1.807, 2.05) is 0 Å². The van der Waals surface area contributed by atoms with Gasteiger partial charge in [-0.15, -0.1) is 0 Å². The average Bonchev–Trinajstić information content (AvgIpc) is 3.18. The summed E-state index contributed by atoms with van der Waals surface area (Å²) in [6.45, 7) is 0. The van der Waals surface area contributed by atoms with Gasteiger partial charge in [-0.25, -0.2) is 0 Å². The van der Waals surface area contributed by atoms with Crippen LogP contribution in [0.15, 0.2) is 72.8 Å². The van der Waals surface area contributed by atoms with Crippen molar-refractivity contribution in [3.8, 4) is 0 Å². The summed E-state index contributed by atoms with van der Waals surface area (Å²) >= 11 is 0. The van der Waals surface area contributed by atoms with Crippen molar-refractivity contribution < 1.29 is 0 Å². The second kappa shape index (κ2) is 4.57. The van der Waals surface area contributed by atoms with Crippen molar-refractivity contribution in [2.24, 2.45) is 0 Å². The lowest BCUT2D eigenvalue weighted by Gasteiger charge is -2.37. The van der Waals surface area contributed by atoms with Crippen LogP contribution in [0.5, 0.6) is 0 Å². The molecule has 0 amide bonds. The summed E-state index contributed by atoms with van der Waals surface area (Å²) in [5, 5.41) is 6.00. The molecule has 26 heavy (non-hydrogen) atoms. The van der Waals surface area contributed by atoms with E-state index in [1.165, 1.54) is 23.6 Å². The second-order valence-corrected chi connectivity index (χ2v) is 8.48. The predicted octanol–water partition coefficient (Wildman–Crippen LogP) is 6.85. The topological polar surface area (TPSA) is 0 Å². The fourth-order valence-corrected chi connectivity index (χ4v) is 6.61. The van der Waals surface area contributed by atoms with Gasteiger partial charge in [-0.3, -0.25) is 0 Å². The van der Waals surface area contributed by atoms with E-state index >= 15 is 0 Å². The molecule has 124 valence electrons. The minimum absolute atomic E-state index is 0.696. The van der Waals surface area contributed by atoms with Gasteiger partial charge in [0.1, 0.15) is 0 Å². The lowest BCUT2D eigenvalue weighted by Crippen LogP contribution is -2.22. The van der Waals surface area contributed by atoms with Gasteiger partial charge in [-0.1, -0.05) is 72.8 Å². The molecule has 0 saturated heterocycles. The van der Waals surface area contributed by atoms with Crippen LogP contribution in [-0.4, -0.2) is 0 Å². The molecule has 0 bridgehead atoms. The van der Waals surface area contributed by atoms with Crippen molar-refractivity contribution >= 4 is 21.5 Å². The summed E-state index contributed by atoms with van der Waals surface area (Å²) in [5.74, 6) is 2.78. The van der Waals surface area contributed by atoms with Gasteiger partial charge in [0.25, 0.3) is 0 Å². The van der Waals surface area contributed by atoms with E-state index in [4.69, 9.17) is 0 Å². The van der Waals surface area contributed by atoms with Crippen molar-refractivity contribution in [1.29, 1.82) is 0 Å². The zero-order valence-corrected chi connectivity index (χ0v) is 14.7. The molecule has 0 aromatic heterocycles. The SMILES string of the molecule is c1cc2c3c(cccc3c1)[C@@H]1C[C@H]3c4cccc5cccc(c45)[C@H]3C[C@H]21. The molecular formula is C26H20. The number of hydrogen-bond donors (Lipinski definition) is 0. The molecule has 4 aromatic rings. The van der Waals surface area contributed by atoms with Gasteiger partial charge in [0.2, 0.25) is 0 Å². The minimum Gasteiger partial charge on any atom is -0.0613 e. The molecule has 4 atom stereocenters. The van der Waals surface area contributed by atoms with Crippen LogP contribution in [0, 0.1) is 0 Å². The zero-order chi connectivity index (χ0) is 16.8. The molecule has 0 aliphatic heterocycles. The molecule has 0 N–H and O–H groups in total. The van der Waals surface area contributed by atoms with Crippen LogP contribution in [0.2, 0.25) is 0 Å². The number of hydrogen-bond acceptors (Lipinski definition) is 0. The molecular weight excluding hydrogens is 312 g/mol. The van der Waals surface area contributed by atoms with Crippen molar-refractivity contribution in [2.45, 2.75) is 36.5 Å². The fraction of sp³-hybridized carbons (Fsp3) is 0.231. The third-order valence-corrected chi connectivity index (χ3v) is 7.52. The maximum Gasteiger partial charge on any atom is -0.00804 e. The molecule has 0 spiro atoms. The van der Waals surface area contributed by atoms with Crippen molar-refractivity contribution in [3.63, 3.8) is 0 Å². The highest BCUT2D eigenvalue weighted by molar-refractivity contribution is 5.94. The molecule has 4 aromatic carbocycles. The smallest absolute Gasteiger partial charge is 0.00804 e. The Labute approximate surface area is 153 Å². The second-order valence-electron chi connectivity index (χ2n) is 8.48. The van der Waals surface area contributed by atoms with Crippen LogP contribution >= 0.6 is 0 Å². The Hall–Kier alpha value is -2.60. The average molecular weight is 332 g/mol. The number of benzene rings is 4. The Balaban J connectivity index is 1.45. The Morgan fingerprint density at radius 3 is 1.04 bits per heavy atom. The van der Waals surface area contributed by atoms with Crippen molar-refractivity contribution in [2.75, 3.05) is 0 Å². The molecule has 1 fully saturated rings. The van der Waals surface area contributed by atoms with E-state index < -0.39 is 0 Å². The van der Waals surface area contributed by atoms with Crippen LogP contribution in [0.25, 0.3) is 21.5 Å². The predicted molar refractivity (Wildman–Crippen MR) is 108 cm³/mol. The Bertz CT molecular complexity index is 1030. The van der Waals surface area contributed by atoms with E-state index in [0.29, 0.717) is 23.7 Å². The summed E-state index contributed by atoms with van der Waals surface area (Å²) in [4.78, 5) is 0. The molecule has 0 unspecified atom stereocenters. The summed E-state index contributed by atoms with van der Waals surface area (Å²) in [5.41, 5.74) is 6.46. The van der Waals surface area contributed by atoms with Crippen molar-refractivity contribution in [3.05, 3.63) is 95.1 Å². The van der Waals surface area contributed by atoms with Crippen molar-refractivity contribution in [1.82, 2.24) is 0 Å². The fourth-order valence-electron chi connectivity index (χ4n) is 6.61. The third-order valence-electron chi connectivity index (χ3n) is 7.52. The lowest BCUT2D eigenvalue weighted by atomic mass is 9.66. The first kappa shape index (κ1) is 13.6. The molecule has 0 heteroatoms. The highest BCUT2D eigenvalue weighted by Gasteiger charge is 2.46. The van der Waals surface area contributed by atoms with Gasteiger partial charge in [0, 0.05) is 0 Å². The van der Waals surface area contributed by atoms with Crippen LogP contribution in [0.3, 0.4) is 0 Å². The normalized spacial score (nSPS) is 27.7. The van der Waals surface area contributed by atoms with E-state index in [0.717, 1.165) is 0 Å². The number of rotatable bonds is 0. The molecule has 0 radical (unpaired) electrons. The van der Waals surface area contributed by atoms with Crippen LogP contribution in [0.1, 0.15) is 58.8 Å². The molecule has 0 heterocycles. The van der Waals surface area contributed by atoms with E-state index in [1.54, 1.807) is 33.0 Å². The molecule has 7 rings (SSSR count). The maximum atomic E-state index is 2.40. The van der Waals surface area contributed by atoms with Gasteiger partial charge < -0.3 is 0 Å². The summed E-state index contributed by atoms with van der Waals surface area (Å²) < 4.78 is 0. The van der Waals surface area contributed by atoms with E-state index in [9.17, 15) is 0 Å². The van der Waals surface area contributed by atoms with Crippen LogP contribution < -0.4 is 0 Å². The minimum atomic E-state index is 0.696. The quantitative estimate of drug-likeness (QED) is 0.330. The van der Waals surface area contributed by atoms with E-state index in [-0.39, 0.29) is 0 Å². The number of fused-ring (bicyclic) bond motifs is 6. The highest BCUT2D eigenvalue weighted by Crippen LogP contribution is 2.63. The Morgan fingerprint density at radius 2 is 0.731 bits per heavy atom. The monoisotopic (exact) mass is 332 g/mol. The largest absolute Gasteiger partial charge is 0.0613 e. The Morgan fingerprint density at radius 1 is 0.423 bits per heavy atom. The molecule has 3 aliphatic rings. The summed E-state index contributed by atoms with van der Waals surface area (Å²) in [7, 11) is 0. The summed E-state index contributed by atoms with van der Waals surface area (Å²) in [6.07, 6.45) is 2.60. The van der Waals surface area contributed by atoms with Crippen LogP contribution in [0.4, 0.5) is 0 Å². The van der Waals surface area contributed by atoms with E-state index in [2.05, 4.69) is 72.8 Å². The molecule has 3 aliphatic carbocycles. The molecule has 1 saturated carbocycles.